The van der Waals surface area contributed by atoms with Gasteiger partial charge in [0.1, 0.15) is 11.6 Å². The number of ether oxygens (including phenoxy) is 1. The normalized spacial score (nSPS) is 11.9. The van der Waals surface area contributed by atoms with Crippen LogP contribution in [0.25, 0.3) is 93.6 Å². The summed E-state index contributed by atoms with van der Waals surface area (Å²) in [6.45, 7) is 0. The molecule has 4 nitrogen and oxygen atoms in total. The molecule has 0 spiro atoms. The molecule has 0 aliphatic heterocycles. The van der Waals surface area contributed by atoms with Gasteiger partial charge in [-0.25, -0.2) is 4.39 Å². The molecule has 0 bridgehead atoms. The number of rotatable bonds is 5. The summed E-state index contributed by atoms with van der Waals surface area (Å²) in [6.07, 6.45) is 0. The Morgan fingerprint density at radius 1 is 0.389 bits per heavy atom. The van der Waals surface area contributed by atoms with Gasteiger partial charge in [0.15, 0.2) is 0 Å². The van der Waals surface area contributed by atoms with E-state index in [1.807, 2.05) is 12.1 Å². The number of nitrogens with zero attached hydrogens (tertiary/aromatic N) is 3. The number of halogens is 1. The summed E-state index contributed by atoms with van der Waals surface area (Å²) in [5.41, 5.74) is 10.5. The van der Waals surface area contributed by atoms with Gasteiger partial charge in [0.25, 0.3) is 0 Å². The molecule has 0 aliphatic carbocycles. The van der Waals surface area contributed by atoms with Crippen molar-refractivity contribution in [1.82, 2.24) is 13.7 Å². The van der Waals surface area contributed by atoms with Crippen LogP contribution in [-0.4, -0.2) is 20.8 Å². The van der Waals surface area contributed by atoms with E-state index in [1.54, 1.807) is 19.2 Å². The number of hydrogen-bond donors (Lipinski definition) is 0. The van der Waals surface area contributed by atoms with Crippen molar-refractivity contribution in [1.29, 1.82) is 0 Å². The third kappa shape index (κ3) is 4.30. The summed E-state index contributed by atoms with van der Waals surface area (Å²) in [6, 6.07) is 60.4. The van der Waals surface area contributed by atoms with Gasteiger partial charge >= 0.3 is 0 Å². The van der Waals surface area contributed by atoms with Crippen LogP contribution >= 0.6 is 0 Å². The summed E-state index contributed by atoms with van der Waals surface area (Å²) >= 11 is 0. The van der Waals surface area contributed by atoms with Crippen molar-refractivity contribution >= 4 is 65.4 Å². The molecule has 11 aromatic rings. The highest BCUT2D eigenvalue weighted by molar-refractivity contribution is 6.16. The van der Waals surface area contributed by atoms with Gasteiger partial charge in [-0.3, -0.25) is 0 Å². The van der Waals surface area contributed by atoms with Gasteiger partial charge in [-0.2, -0.15) is 0 Å². The first-order valence-electron chi connectivity index (χ1n) is 18.2. The fraction of sp³-hybridized carbons (Fsp3) is 0.0204. The molecule has 11 rings (SSSR count). The van der Waals surface area contributed by atoms with E-state index in [1.165, 1.54) is 21.5 Å². The second-order valence-corrected chi connectivity index (χ2v) is 13.8. The topological polar surface area (TPSA) is 24.0 Å². The Hall–Kier alpha value is -7.11. The number of benzene rings is 8. The Balaban J connectivity index is 1.23. The van der Waals surface area contributed by atoms with Crippen molar-refractivity contribution in [2.45, 2.75) is 0 Å². The van der Waals surface area contributed by atoms with Gasteiger partial charge < -0.3 is 18.4 Å². The number of aromatic nitrogens is 3. The predicted octanol–water partition coefficient (Wildman–Crippen LogP) is 12.8. The zero-order valence-corrected chi connectivity index (χ0v) is 29.4. The predicted molar refractivity (Wildman–Crippen MR) is 221 cm³/mol. The number of para-hydroxylation sites is 5. The largest absolute Gasteiger partial charge is 0.494 e. The van der Waals surface area contributed by atoms with Crippen molar-refractivity contribution in [3.8, 4) is 33.9 Å². The second-order valence-electron chi connectivity index (χ2n) is 13.8. The lowest BCUT2D eigenvalue weighted by atomic mass is 10.00. The summed E-state index contributed by atoms with van der Waals surface area (Å²) < 4.78 is 29.3. The van der Waals surface area contributed by atoms with Crippen molar-refractivity contribution in [2.75, 3.05) is 7.11 Å². The fourth-order valence-electron chi connectivity index (χ4n) is 8.74. The summed E-state index contributed by atoms with van der Waals surface area (Å²) in [4.78, 5) is 0. The van der Waals surface area contributed by atoms with Crippen LogP contribution in [0.15, 0.2) is 176 Å². The molecule has 0 saturated heterocycles. The van der Waals surface area contributed by atoms with Crippen molar-refractivity contribution in [3.05, 3.63) is 182 Å². The first-order chi connectivity index (χ1) is 26.7. The molecule has 54 heavy (non-hydrogen) atoms. The van der Waals surface area contributed by atoms with Crippen LogP contribution in [-0.2, 0) is 0 Å². The Kier molecular flexibility index (Phi) is 6.61. The average Bonchev–Trinajstić information content (AvgIpc) is 3.86. The van der Waals surface area contributed by atoms with Crippen molar-refractivity contribution < 1.29 is 9.13 Å². The molecular weight excluding hydrogens is 666 g/mol. The zero-order chi connectivity index (χ0) is 35.9. The average molecular weight is 698 g/mol. The Morgan fingerprint density at radius 3 is 1.35 bits per heavy atom. The van der Waals surface area contributed by atoms with Gasteiger partial charge in [-0.05, 0) is 60.7 Å². The molecule has 0 atom stereocenters. The first-order valence-corrected chi connectivity index (χ1v) is 18.2. The van der Waals surface area contributed by atoms with Crippen molar-refractivity contribution in [3.63, 3.8) is 0 Å². The van der Waals surface area contributed by atoms with Gasteiger partial charge in [0.2, 0.25) is 0 Å². The SMILES string of the molecule is COc1cc(-n2c3ccccc3c3ccccc32)ccc1-n1c2ccccc2c2cc(-n3c4ccccc4c4ccccc43)cc(-c3ccccc3F)c21. The number of methoxy groups -OCH3 is 1. The Bertz CT molecular complexity index is 3180. The number of fused-ring (bicyclic) bond motifs is 9. The van der Waals surface area contributed by atoms with E-state index in [9.17, 15) is 0 Å². The lowest BCUT2D eigenvalue weighted by Crippen LogP contribution is -2.02. The molecule has 0 aliphatic rings. The van der Waals surface area contributed by atoms with Gasteiger partial charge in [-0.1, -0.05) is 109 Å². The molecule has 0 N–H and O–H groups in total. The highest BCUT2D eigenvalue weighted by Gasteiger charge is 2.23. The molecule has 0 radical (unpaired) electrons. The minimum absolute atomic E-state index is 0.274. The van der Waals surface area contributed by atoms with Crippen LogP contribution in [0.1, 0.15) is 0 Å². The third-order valence-electron chi connectivity index (χ3n) is 11.0. The number of hydrogen-bond acceptors (Lipinski definition) is 1. The summed E-state index contributed by atoms with van der Waals surface area (Å²) in [5.74, 6) is 0.437. The molecule has 256 valence electrons. The molecule has 3 heterocycles. The maximum absolute atomic E-state index is 16.1. The van der Waals surface area contributed by atoms with Crippen LogP contribution < -0.4 is 4.74 Å². The molecule has 5 heteroatoms. The minimum Gasteiger partial charge on any atom is -0.494 e. The zero-order valence-electron chi connectivity index (χ0n) is 29.4. The molecule has 0 amide bonds. The van der Waals surface area contributed by atoms with E-state index in [-0.39, 0.29) is 5.82 Å². The highest BCUT2D eigenvalue weighted by atomic mass is 19.1. The quantitative estimate of drug-likeness (QED) is 0.176. The van der Waals surface area contributed by atoms with E-state index < -0.39 is 0 Å². The summed E-state index contributed by atoms with van der Waals surface area (Å²) in [7, 11) is 1.72. The van der Waals surface area contributed by atoms with E-state index in [0.29, 0.717) is 11.3 Å². The Labute approximate surface area is 310 Å². The lowest BCUT2D eigenvalue weighted by molar-refractivity contribution is 0.413. The highest BCUT2D eigenvalue weighted by Crippen LogP contribution is 2.44. The van der Waals surface area contributed by atoms with Crippen LogP contribution in [0.3, 0.4) is 0 Å². The molecular formula is C49H32FN3O. The second kappa shape index (κ2) is 11.7. The van der Waals surface area contributed by atoms with E-state index in [2.05, 4.69) is 165 Å². The van der Waals surface area contributed by atoms with Crippen LogP contribution in [0.4, 0.5) is 4.39 Å². The molecule has 0 unspecified atom stereocenters. The standard InChI is InChI=1S/C49H32FN3O/c1-54-48-30-31(51-42-21-9-3-15-34(42)35-16-4-10-22-43(35)51)26-27-47(48)53-46-25-13-7-19-38(46)40-29-32(28-39(49(40)53)33-14-2-8-20-41(33)50)52-44-23-11-5-17-36(44)37-18-6-12-24-45(37)52/h2-30H,1H3. The van der Waals surface area contributed by atoms with Crippen LogP contribution in [0.5, 0.6) is 5.75 Å². The van der Waals surface area contributed by atoms with Crippen LogP contribution in [0, 0.1) is 5.82 Å². The minimum atomic E-state index is -0.274. The van der Waals surface area contributed by atoms with E-state index >= 15 is 4.39 Å². The summed E-state index contributed by atoms with van der Waals surface area (Å²) in [5, 5.41) is 6.85. The maximum Gasteiger partial charge on any atom is 0.144 e. The van der Waals surface area contributed by atoms with Crippen molar-refractivity contribution in [2.24, 2.45) is 0 Å². The van der Waals surface area contributed by atoms with Crippen LogP contribution in [0.2, 0.25) is 0 Å². The molecule has 0 saturated carbocycles. The molecule has 8 aromatic carbocycles. The monoisotopic (exact) mass is 697 g/mol. The maximum atomic E-state index is 16.1. The smallest absolute Gasteiger partial charge is 0.144 e. The molecule has 3 aromatic heterocycles. The first kappa shape index (κ1) is 30.5. The van der Waals surface area contributed by atoms with Gasteiger partial charge in [-0.15, -0.1) is 0 Å². The van der Waals surface area contributed by atoms with E-state index in [0.717, 1.165) is 66.5 Å². The van der Waals surface area contributed by atoms with Gasteiger partial charge in [0.05, 0.1) is 51.6 Å². The molecule has 0 fully saturated rings. The lowest BCUT2D eigenvalue weighted by Gasteiger charge is -2.18. The third-order valence-corrected chi connectivity index (χ3v) is 11.0. The van der Waals surface area contributed by atoms with E-state index in [4.69, 9.17) is 4.74 Å². The Morgan fingerprint density at radius 2 is 0.833 bits per heavy atom. The van der Waals surface area contributed by atoms with Gasteiger partial charge in [0, 0.05) is 55.2 Å². The fourth-order valence-corrected chi connectivity index (χ4v) is 8.74.